The van der Waals surface area contributed by atoms with Gasteiger partial charge in [0.25, 0.3) is 0 Å². The molecule has 1 aromatic heterocycles. The van der Waals surface area contributed by atoms with Crippen molar-refractivity contribution in [3.05, 3.63) is 78.4 Å². The molecule has 2 aliphatic rings. The average Bonchev–Trinajstić information content (AvgIpc) is 3.40. The van der Waals surface area contributed by atoms with Crippen molar-refractivity contribution in [1.82, 2.24) is 8.96 Å². The molecular weight excluding hydrogens is 344 g/mol. The topological polar surface area (TPSA) is 42.9 Å². The fourth-order valence-corrected chi connectivity index (χ4v) is 5.79. The first kappa shape index (κ1) is 14.6. The number of hydrogen-bond donors (Lipinski definition) is 0. The van der Waals surface area contributed by atoms with Crippen LogP contribution in [0.2, 0.25) is 0 Å². The lowest BCUT2D eigenvalue weighted by Gasteiger charge is -2.17. The maximum atomic E-state index is 5.56. The highest BCUT2D eigenvalue weighted by molar-refractivity contribution is 8.28. The molecule has 4 nitrogen and oxygen atoms in total. The third kappa shape index (κ3) is 2.02. The van der Waals surface area contributed by atoms with Crippen molar-refractivity contribution in [2.75, 3.05) is 5.75 Å². The first-order valence-corrected chi connectivity index (χ1v) is 10.3. The summed E-state index contributed by atoms with van der Waals surface area (Å²) in [6.45, 7) is 0. The van der Waals surface area contributed by atoms with E-state index in [1.807, 2.05) is 24.3 Å². The molecule has 0 atom stereocenters. The lowest BCUT2D eigenvalue weighted by molar-refractivity contribution is 0.0850. The number of para-hydroxylation sites is 2. The first-order valence-electron chi connectivity index (χ1n) is 8.70. The van der Waals surface area contributed by atoms with E-state index in [2.05, 4.69) is 52.5 Å². The smallest absolute Gasteiger partial charge is 0.160 e. The number of aryl methyl sites for hydroxylation is 1. The van der Waals surface area contributed by atoms with Crippen molar-refractivity contribution >= 4 is 21.8 Å². The summed E-state index contributed by atoms with van der Waals surface area (Å²) in [6.07, 6.45) is 0.928. The zero-order chi connectivity index (χ0) is 17.1. The van der Waals surface area contributed by atoms with E-state index in [9.17, 15) is 0 Å². The van der Waals surface area contributed by atoms with E-state index >= 15 is 0 Å². The van der Waals surface area contributed by atoms with Crippen LogP contribution in [0.4, 0.5) is 0 Å². The Kier molecular flexibility index (Phi) is 2.91. The van der Waals surface area contributed by atoms with E-state index in [1.165, 1.54) is 22.3 Å². The molecule has 0 saturated carbocycles. The minimum Gasteiger partial charge on any atom is -0.227 e. The average molecular weight is 360 g/mol. The molecule has 0 aliphatic carbocycles. The molecule has 1 fully saturated rings. The monoisotopic (exact) mass is 360 g/mol. The summed E-state index contributed by atoms with van der Waals surface area (Å²) in [4.78, 5) is 4.95. The van der Waals surface area contributed by atoms with Crippen LogP contribution in [0, 0.1) is 0 Å². The van der Waals surface area contributed by atoms with Crippen molar-refractivity contribution in [2.45, 2.75) is 6.42 Å². The van der Waals surface area contributed by atoms with Crippen LogP contribution in [0.15, 0.2) is 72.8 Å². The van der Waals surface area contributed by atoms with E-state index in [1.54, 1.807) is 0 Å². The van der Waals surface area contributed by atoms with Crippen LogP contribution >= 0.6 is 10.8 Å². The summed E-state index contributed by atoms with van der Waals surface area (Å²) in [5, 5.41) is 0. The van der Waals surface area contributed by atoms with Crippen LogP contribution in [-0.4, -0.2) is 14.7 Å². The van der Waals surface area contributed by atoms with E-state index in [-0.39, 0.29) is 0 Å². The minimum atomic E-state index is -1.70. The van der Waals surface area contributed by atoms with Gasteiger partial charge in [0.15, 0.2) is 5.82 Å². The summed E-state index contributed by atoms with van der Waals surface area (Å²) in [7, 11) is -1.70. The number of aromatic nitrogens is 2. The number of nitrogens with zero attached hydrogens (tertiary/aromatic N) is 2. The molecule has 0 unspecified atom stereocenters. The summed E-state index contributed by atoms with van der Waals surface area (Å²) in [5.41, 5.74) is 6.94. The van der Waals surface area contributed by atoms with Crippen molar-refractivity contribution < 1.29 is 8.67 Å². The largest absolute Gasteiger partial charge is 0.227 e. The molecular formula is C21H16N2O2S. The maximum absolute atomic E-state index is 5.56. The maximum Gasteiger partial charge on any atom is 0.160 e. The van der Waals surface area contributed by atoms with Gasteiger partial charge in [-0.05, 0) is 52.1 Å². The van der Waals surface area contributed by atoms with E-state index in [0.29, 0.717) is 0 Å². The summed E-state index contributed by atoms with van der Waals surface area (Å²) >= 11 is 0. The van der Waals surface area contributed by atoms with Gasteiger partial charge in [0, 0.05) is 5.56 Å². The Morgan fingerprint density at radius 2 is 1.65 bits per heavy atom. The fourth-order valence-electron chi connectivity index (χ4n) is 3.76. The summed E-state index contributed by atoms with van der Waals surface area (Å²) in [5.74, 6) is 1.81. The van der Waals surface area contributed by atoms with Crippen LogP contribution in [-0.2, 0) is 15.1 Å². The summed E-state index contributed by atoms with van der Waals surface area (Å²) < 4.78 is 13.3. The number of benzene rings is 3. The Balaban J connectivity index is 1.64. The van der Waals surface area contributed by atoms with Crippen molar-refractivity contribution in [2.24, 2.45) is 0 Å². The van der Waals surface area contributed by atoms with E-state index in [4.69, 9.17) is 13.7 Å². The molecule has 2 aliphatic heterocycles. The fraction of sp³-hybridized carbons (Fsp3) is 0.0952. The highest BCUT2D eigenvalue weighted by Gasteiger charge is 2.45. The van der Waals surface area contributed by atoms with Gasteiger partial charge in [-0.3, -0.25) is 0 Å². The highest BCUT2D eigenvalue weighted by atomic mass is 32.3. The highest BCUT2D eigenvalue weighted by Crippen LogP contribution is 2.69. The van der Waals surface area contributed by atoms with Crippen LogP contribution in [0.25, 0.3) is 33.5 Å². The predicted molar refractivity (Wildman–Crippen MR) is 104 cm³/mol. The normalized spacial score (nSPS) is 18.2. The third-order valence-electron chi connectivity index (χ3n) is 5.11. The molecule has 0 bridgehead atoms. The van der Waals surface area contributed by atoms with Gasteiger partial charge in [0.2, 0.25) is 0 Å². The quantitative estimate of drug-likeness (QED) is 0.342. The number of hydrogen-bond acceptors (Lipinski definition) is 3. The molecule has 3 heterocycles. The second-order valence-electron chi connectivity index (χ2n) is 6.63. The molecule has 3 aromatic carbocycles. The summed E-state index contributed by atoms with van der Waals surface area (Å²) in [6, 6.07) is 25.3. The Morgan fingerprint density at radius 3 is 2.50 bits per heavy atom. The van der Waals surface area contributed by atoms with Crippen molar-refractivity contribution in [3.8, 4) is 22.5 Å². The van der Waals surface area contributed by atoms with Gasteiger partial charge in [-0.1, -0.05) is 63.3 Å². The third-order valence-corrected chi connectivity index (χ3v) is 7.21. The Morgan fingerprint density at radius 1 is 0.846 bits per heavy atom. The van der Waals surface area contributed by atoms with Crippen LogP contribution in [0.1, 0.15) is 5.56 Å². The molecule has 128 valence electrons. The lowest BCUT2D eigenvalue weighted by atomic mass is 9.97. The number of imidazole rings is 1. The van der Waals surface area contributed by atoms with Gasteiger partial charge >= 0.3 is 0 Å². The van der Waals surface area contributed by atoms with Crippen molar-refractivity contribution in [1.29, 1.82) is 0 Å². The van der Waals surface area contributed by atoms with Gasteiger partial charge in [-0.25, -0.2) is 8.96 Å². The van der Waals surface area contributed by atoms with E-state index in [0.717, 1.165) is 29.0 Å². The van der Waals surface area contributed by atoms with Gasteiger partial charge in [0.05, 0.1) is 16.8 Å². The predicted octanol–water partition coefficient (Wildman–Crippen LogP) is 5.29. The molecule has 0 amide bonds. The molecule has 0 radical (unpaired) electrons. The zero-order valence-corrected chi connectivity index (χ0v) is 14.8. The SMILES string of the molecule is c1ccc(-c2ccc3c(c2)-c2nc4ccccc4n2S2(CC3)OO2)cc1. The minimum absolute atomic E-state index is 0.859. The van der Waals surface area contributed by atoms with E-state index < -0.39 is 10.8 Å². The molecule has 5 heteroatoms. The molecule has 6 rings (SSSR count). The number of rotatable bonds is 1. The molecule has 1 spiro atoms. The second kappa shape index (κ2) is 5.20. The molecule has 0 N–H and O–H groups in total. The van der Waals surface area contributed by atoms with Gasteiger partial charge in [-0.15, -0.1) is 0 Å². The van der Waals surface area contributed by atoms with Gasteiger partial charge in [0.1, 0.15) is 0 Å². The Hall–Kier alpha value is -2.60. The molecule has 4 aromatic rings. The second-order valence-corrected chi connectivity index (χ2v) is 8.84. The number of fused-ring (bicyclic) bond motifs is 6. The van der Waals surface area contributed by atoms with Crippen LogP contribution in [0.5, 0.6) is 0 Å². The van der Waals surface area contributed by atoms with Crippen molar-refractivity contribution in [3.63, 3.8) is 0 Å². The Labute approximate surface area is 152 Å². The first-order chi connectivity index (χ1) is 12.8. The Bertz CT molecular complexity index is 1150. The molecule has 26 heavy (non-hydrogen) atoms. The lowest BCUT2D eigenvalue weighted by Crippen LogP contribution is -2.01. The van der Waals surface area contributed by atoms with Gasteiger partial charge in [-0.2, -0.15) is 0 Å². The van der Waals surface area contributed by atoms with Crippen LogP contribution < -0.4 is 0 Å². The van der Waals surface area contributed by atoms with Gasteiger partial charge < -0.3 is 0 Å². The standard InChI is InChI=1S/C21H16N2O2S/c1-2-6-15(7-3-1)17-11-10-16-12-13-26(24-25-26)23-20-9-5-4-8-19(20)22-21(23)18(16)14-17/h1-11,14H,12-13H2. The van der Waals surface area contributed by atoms with Crippen LogP contribution in [0.3, 0.4) is 0 Å². The zero-order valence-electron chi connectivity index (χ0n) is 14.0. The molecule has 1 saturated heterocycles.